The fraction of sp³-hybridized carbons (Fsp3) is 0.452. The quantitative estimate of drug-likeness (QED) is 0.352. The van der Waals surface area contributed by atoms with E-state index in [2.05, 4.69) is 45.4 Å². The molecule has 1 aliphatic carbocycles. The Bertz CT molecular complexity index is 1480. The summed E-state index contributed by atoms with van der Waals surface area (Å²) in [4.78, 5) is 26.0. The SMILES string of the molecule is COc1cc(N2CCN(C(=O)N(C)C)CC2)ccc1Nc1ncc(C(F)(F)F)c(NCc2cccc3c2CCC3(C)C)n1. The van der Waals surface area contributed by atoms with Crippen molar-refractivity contribution >= 4 is 29.2 Å². The average Bonchev–Trinajstić information content (AvgIpc) is 3.30. The summed E-state index contributed by atoms with van der Waals surface area (Å²) in [6.07, 6.45) is -1.93. The second-order valence-corrected chi connectivity index (χ2v) is 11.8. The summed E-state index contributed by atoms with van der Waals surface area (Å²) in [5.41, 5.74) is 3.94. The maximum absolute atomic E-state index is 13.9. The molecule has 9 nitrogen and oxygen atoms in total. The van der Waals surface area contributed by atoms with Gasteiger partial charge >= 0.3 is 12.2 Å². The number of nitrogens with one attached hydrogen (secondary N) is 2. The number of carbonyl (C=O) groups excluding carboxylic acids is 1. The van der Waals surface area contributed by atoms with Gasteiger partial charge in [-0.2, -0.15) is 18.2 Å². The third kappa shape index (κ3) is 6.42. The van der Waals surface area contributed by atoms with Crippen molar-refractivity contribution in [2.24, 2.45) is 0 Å². The van der Waals surface area contributed by atoms with Crippen molar-refractivity contribution in [2.45, 2.75) is 44.8 Å². The van der Waals surface area contributed by atoms with Crippen LogP contribution in [0.5, 0.6) is 5.75 Å². The number of carbonyl (C=O) groups is 1. The number of piperazine rings is 1. The van der Waals surface area contributed by atoms with E-state index < -0.39 is 11.7 Å². The standard InChI is InChI=1S/C31H38F3N7O2/c1-30(2)12-11-22-20(7-6-8-23(22)30)18-35-27-24(31(32,33)34)19-36-28(38-27)37-25-10-9-21(17-26(25)43-5)40-13-15-41(16-14-40)29(42)39(3)4/h6-10,17,19H,11-16,18H2,1-5H3,(H2,35,36,37,38). The minimum Gasteiger partial charge on any atom is -0.494 e. The molecule has 1 aromatic heterocycles. The zero-order valence-electron chi connectivity index (χ0n) is 25.2. The Labute approximate surface area is 250 Å². The van der Waals surface area contributed by atoms with Gasteiger partial charge in [-0.1, -0.05) is 32.0 Å². The normalized spacial score (nSPS) is 16.1. The first-order valence-electron chi connectivity index (χ1n) is 14.3. The number of hydrogen-bond acceptors (Lipinski definition) is 7. The van der Waals surface area contributed by atoms with Gasteiger partial charge in [-0.3, -0.25) is 0 Å². The summed E-state index contributed by atoms with van der Waals surface area (Å²) < 4.78 is 47.3. The van der Waals surface area contributed by atoms with Gasteiger partial charge in [-0.15, -0.1) is 0 Å². The minimum absolute atomic E-state index is 0.0109. The molecule has 0 bridgehead atoms. The van der Waals surface area contributed by atoms with Crippen molar-refractivity contribution in [3.63, 3.8) is 0 Å². The molecule has 1 aliphatic heterocycles. The van der Waals surface area contributed by atoms with Crippen LogP contribution in [0, 0.1) is 0 Å². The van der Waals surface area contributed by atoms with Crippen LogP contribution in [0.25, 0.3) is 0 Å². The lowest BCUT2D eigenvalue weighted by Crippen LogP contribution is -2.51. The Hall–Kier alpha value is -4.22. The summed E-state index contributed by atoms with van der Waals surface area (Å²) >= 11 is 0. The molecule has 43 heavy (non-hydrogen) atoms. The lowest BCUT2D eigenvalue weighted by molar-refractivity contribution is -0.137. The van der Waals surface area contributed by atoms with Crippen molar-refractivity contribution in [1.29, 1.82) is 0 Å². The number of ether oxygens (including phenoxy) is 1. The smallest absolute Gasteiger partial charge is 0.421 e. The number of alkyl halides is 3. The van der Waals surface area contributed by atoms with Gasteiger partial charge in [0, 0.05) is 64.8 Å². The molecule has 3 aromatic rings. The molecule has 2 amide bonds. The van der Waals surface area contributed by atoms with Gasteiger partial charge in [-0.25, -0.2) is 9.78 Å². The zero-order chi connectivity index (χ0) is 30.9. The van der Waals surface area contributed by atoms with E-state index in [9.17, 15) is 18.0 Å². The highest BCUT2D eigenvalue weighted by molar-refractivity contribution is 5.74. The number of halogens is 3. The number of hydrogen-bond donors (Lipinski definition) is 2. The number of methoxy groups -OCH3 is 1. The van der Waals surface area contributed by atoms with E-state index in [0.717, 1.165) is 30.3 Å². The molecule has 2 heterocycles. The fourth-order valence-corrected chi connectivity index (χ4v) is 5.80. The second kappa shape index (κ2) is 11.8. The lowest BCUT2D eigenvalue weighted by Gasteiger charge is -2.37. The number of fused-ring (bicyclic) bond motifs is 1. The number of urea groups is 1. The van der Waals surface area contributed by atoms with Gasteiger partial charge in [0.2, 0.25) is 5.95 Å². The van der Waals surface area contributed by atoms with Gasteiger partial charge in [0.1, 0.15) is 17.1 Å². The van der Waals surface area contributed by atoms with E-state index in [1.54, 1.807) is 25.1 Å². The van der Waals surface area contributed by atoms with Crippen molar-refractivity contribution in [2.75, 3.05) is 62.9 Å². The molecule has 2 aromatic carbocycles. The Morgan fingerprint density at radius 1 is 1.12 bits per heavy atom. The summed E-state index contributed by atoms with van der Waals surface area (Å²) in [7, 11) is 5.00. The molecule has 0 spiro atoms. The van der Waals surface area contributed by atoms with Crippen LogP contribution >= 0.6 is 0 Å². The Balaban J connectivity index is 1.33. The zero-order valence-corrected chi connectivity index (χ0v) is 25.2. The number of benzene rings is 2. The summed E-state index contributed by atoms with van der Waals surface area (Å²) in [5, 5.41) is 5.96. The molecule has 5 rings (SSSR count). The Kier molecular flexibility index (Phi) is 8.31. The summed E-state index contributed by atoms with van der Waals surface area (Å²) in [6.45, 7) is 7.11. The first-order valence-corrected chi connectivity index (χ1v) is 14.3. The van der Waals surface area contributed by atoms with Gasteiger partial charge < -0.3 is 30.1 Å². The molecule has 0 unspecified atom stereocenters. The number of amides is 2. The van der Waals surface area contributed by atoms with Crippen LogP contribution in [0.1, 0.15) is 42.5 Å². The van der Waals surface area contributed by atoms with E-state index in [1.165, 1.54) is 18.2 Å². The average molecular weight is 598 g/mol. The first-order chi connectivity index (χ1) is 20.4. The molecule has 1 saturated heterocycles. The number of aromatic nitrogens is 2. The maximum atomic E-state index is 13.9. The topological polar surface area (TPSA) is 85.9 Å². The van der Waals surface area contributed by atoms with Crippen LogP contribution in [0.4, 0.5) is 41.1 Å². The van der Waals surface area contributed by atoms with Crippen LogP contribution < -0.4 is 20.3 Å². The number of rotatable bonds is 7. The molecule has 2 aliphatic rings. The molecular weight excluding hydrogens is 559 g/mol. The molecule has 230 valence electrons. The molecule has 0 saturated carbocycles. The molecule has 12 heteroatoms. The van der Waals surface area contributed by atoms with E-state index >= 15 is 0 Å². The molecule has 2 N–H and O–H groups in total. The van der Waals surface area contributed by atoms with Crippen molar-refractivity contribution in [3.05, 3.63) is 64.8 Å². The monoisotopic (exact) mass is 597 g/mol. The van der Waals surface area contributed by atoms with Gasteiger partial charge in [0.15, 0.2) is 0 Å². The second-order valence-electron chi connectivity index (χ2n) is 11.8. The van der Waals surface area contributed by atoms with Crippen molar-refractivity contribution in [1.82, 2.24) is 19.8 Å². The largest absolute Gasteiger partial charge is 0.494 e. The van der Waals surface area contributed by atoms with Crippen LogP contribution in [-0.2, 0) is 24.6 Å². The first kappa shape index (κ1) is 30.2. The molecule has 0 atom stereocenters. The molecule has 0 radical (unpaired) electrons. The summed E-state index contributed by atoms with van der Waals surface area (Å²) in [6, 6.07) is 11.5. The van der Waals surface area contributed by atoms with Crippen molar-refractivity contribution in [3.8, 4) is 5.75 Å². The van der Waals surface area contributed by atoms with Crippen LogP contribution in [-0.4, -0.2) is 73.2 Å². The van der Waals surface area contributed by atoms with Gasteiger partial charge in [0.05, 0.1) is 12.8 Å². The highest BCUT2D eigenvalue weighted by Gasteiger charge is 2.36. The Morgan fingerprint density at radius 2 is 1.86 bits per heavy atom. The van der Waals surface area contributed by atoms with Crippen LogP contribution in [0.3, 0.4) is 0 Å². The number of nitrogens with zero attached hydrogens (tertiary/aromatic N) is 5. The highest BCUT2D eigenvalue weighted by atomic mass is 19.4. The van der Waals surface area contributed by atoms with Gasteiger partial charge in [0.25, 0.3) is 0 Å². The third-order valence-corrected chi connectivity index (χ3v) is 8.27. The molecule has 1 fully saturated rings. The van der Waals surface area contributed by atoms with E-state index in [1.807, 2.05) is 29.2 Å². The lowest BCUT2D eigenvalue weighted by atomic mass is 9.86. The molecular formula is C31H38F3N7O2. The predicted molar refractivity (Wildman–Crippen MR) is 161 cm³/mol. The third-order valence-electron chi connectivity index (χ3n) is 8.27. The van der Waals surface area contributed by atoms with Crippen molar-refractivity contribution < 1.29 is 22.7 Å². The maximum Gasteiger partial charge on any atom is 0.421 e. The number of anilines is 4. The predicted octanol–water partition coefficient (Wildman–Crippen LogP) is 5.89. The summed E-state index contributed by atoms with van der Waals surface area (Å²) in [5.74, 6) is 0.210. The minimum atomic E-state index is -4.62. The van der Waals surface area contributed by atoms with E-state index in [4.69, 9.17) is 4.74 Å². The Morgan fingerprint density at radius 3 is 2.53 bits per heavy atom. The van der Waals surface area contributed by atoms with E-state index in [-0.39, 0.29) is 29.8 Å². The van der Waals surface area contributed by atoms with Gasteiger partial charge in [-0.05, 0) is 47.1 Å². The van der Waals surface area contributed by atoms with Crippen LogP contribution in [0.15, 0.2) is 42.6 Å². The highest BCUT2D eigenvalue weighted by Crippen LogP contribution is 2.40. The van der Waals surface area contributed by atoms with E-state index in [0.29, 0.717) is 37.6 Å². The van der Waals surface area contributed by atoms with Crippen LogP contribution in [0.2, 0.25) is 0 Å². The fourth-order valence-electron chi connectivity index (χ4n) is 5.80.